The average molecular weight is 248 g/mol. The first kappa shape index (κ1) is 12.6. The molecule has 1 N–H and O–H groups in total. The van der Waals surface area contributed by atoms with Gasteiger partial charge in [0, 0.05) is 6.54 Å². The van der Waals surface area contributed by atoms with E-state index in [0.717, 1.165) is 0 Å². The molecule has 0 saturated heterocycles. The maximum absolute atomic E-state index is 11.7. The van der Waals surface area contributed by atoms with Crippen molar-refractivity contribution in [2.24, 2.45) is 17.3 Å². The normalized spacial score (nSPS) is 26.7. The van der Waals surface area contributed by atoms with Crippen LogP contribution < -0.4 is 5.32 Å². The van der Waals surface area contributed by atoms with Crippen molar-refractivity contribution in [1.29, 1.82) is 0 Å². The van der Waals surface area contributed by atoms with E-state index in [9.17, 15) is 4.79 Å². The lowest BCUT2D eigenvalue weighted by Crippen LogP contribution is -2.26. The number of halogens is 2. The average Bonchev–Trinajstić information content (AvgIpc) is 2.63. The Morgan fingerprint density at radius 3 is 2.60 bits per heavy atom. The predicted molar refractivity (Wildman–Crippen MR) is 63.8 cm³/mol. The molecule has 1 fully saturated rings. The molecule has 0 aliphatic heterocycles. The third-order valence-electron chi connectivity index (χ3n) is 2.92. The van der Waals surface area contributed by atoms with Crippen LogP contribution in [0.5, 0.6) is 0 Å². The molecule has 15 heavy (non-hydrogen) atoms. The molecule has 0 aromatic rings. The summed E-state index contributed by atoms with van der Waals surface area (Å²) >= 11 is 11.2. The Kier molecular flexibility index (Phi) is 3.85. The fraction of sp³-hybridized carbons (Fsp3) is 0.545. The number of rotatable bonds is 4. The number of carbonyl (C=O) groups is 1. The number of hydrogen-bond acceptors (Lipinski definition) is 1. The molecule has 2 nitrogen and oxygen atoms in total. The number of nitrogens with one attached hydrogen (secondary N) is 1. The first-order valence-corrected chi connectivity index (χ1v) is 5.58. The van der Waals surface area contributed by atoms with Crippen molar-refractivity contribution < 1.29 is 4.79 Å². The van der Waals surface area contributed by atoms with Crippen molar-refractivity contribution in [2.75, 3.05) is 6.54 Å². The van der Waals surface area contributed by atoms with Crippen LogP contribution in [-0.4, -0.2) is 12.5 Å². The van der Waals surface area contributed by atoms with E-state index in [4.69, 9.17) is 23.2 Å². The number of hydrogen-bond donors (Lipinski definition) is 1. The van der Waals surface area contributed by atoms with Crippen LogP contribution in [0.2, 0.25) is 0 Å². The summed E-state index contributed by atoms with van der Waals surface area (Å²) in [5.74, 6) is 0.132. The second kappa shape index (κ2) is 4.58. The van der Waals surface area contributed by atoms with Gasteiger partial charge in [0.15, 0.2) is 0 Å². The van der Waals surface area contributed by atoms with E-state index < -0.39 is 0 Å². The molecular formula is C11H15Cl2NO. The zero-order valence-electron chi connectivity index (χ0n) is 8.89. The van der Waals surface area contributed by atoms with Gasteiger partial charge in [0.25, 0.3) is 0 Å². The number of allylic oxidation sites excluding steroid dienone is 1. The molecule has 0 aromatic heterocycles. The molecule has 1 aliphatic carbocycles. The molecule has 84 valence electrons. The third-order valence-corrected chi connectivity index (χ3v) is 3.17. The second-order valence-corrected chi connectivity index (χ2v) is 5.32. The van der Waals surface area contributed by atoms with Gasteiger partial charge in [-0.15, -0.1) is 6.58 Å². The van der Waals surface area contributed by atoms with Crippen LogP contribution >= 0.6 is 23.2 Å². The molecule has 1 amide bonds. The highest BCUT2D eigenvalue weighted by molar-refractivity contribution is 6.55. The molecule has 1 saturated carbocycles. The van der Waals surface area contributed by atoms with E-state index in [-0.39, 0.29) is 27.6 Å². The van der Waals surface area contributed by atoms with Gasteiger partial charge in [-0.3, -0.25) is 4.79 Å². The van der Waals surface area contributed by atoms with E-state index in [2.05, 4.69) is 11.9 Å². The molecule has 0 radical (unpaired) electrons. The Hall–Kier alpha value is -0.470. The Labute approximate surface area is 100 Å². The summed E-state index contributed by atoms with van der Waals surface area (Å²) in [7, 11) is 0. The summed E-state index contributed by atoms with van der Waals surface area (Å²) < 4.78 is 0.229. The van der Waals surface area contributed by atoms with Gasteiger partial charge in [-0.1, -0.05) is 43.1 Å². The summed E-state index contributed by atoms with van der Waals surface area (Å²) in [4.78, 5) is 11.7. The summed E-state index contributed by atoms with van der Waals surface area (Å²) in [6.07, 6.45) is 3.40. The first-order valence-electron chi connectivity index (χ1n) is 4.82. The molecular weight excluding hydrogens is 233 g/mol. The molecule has 0 bridgehead atoms. The van der Waals surface area contributed by atoms with Gasteiger partial charge in [0.1, 0.15) is 4.49 Å². The zero-order chi connectivity index (χ0) is 11.6. The first-order chi connectivity index (χ1) is 6.91. The van der Waals surface area contributed by atoms with Crippen molar-refractivity contribution in [2.45, 2.75) is 13.8 Å². The van der Waals surface area contributed by atoms with Crippen LogP contribution in [0.3, 0.4) is 0 Å². The molecule has 1 aliphatic rings. The molecule has 2 atom stereocenters. The highest BCUT2D eigenvalue weighted by atomic mass is 35.5. The summed E-state index contributed by atoms with van der Waals surface area (Å²) in [6.45, 7) is 8.11. The third kappa shape index (κ3) is 2.76. The molecule has 0 heterocycles. The van der Waals surface area contributed by atoms with E-state index in [0.29, 0.717) is 6.54 Å². The van der Waals surface area contributed by atoms with Gasteiger partial charge < -0.3 is 5.32 Å². The summed E-state index contributed by atoms with van der Waals surface area (Å²) in [6, 6.07) is 0. The highest BCUT2D eigenvalue weighted by Crippen LogP contribution is 2.59. The van der Waals surface area contributed by atoms with Gasteiger partial charge >= 0.3 is 0 Å². The van der Waals surface area contributed by atoms with Gasteiger partial charge in [-0.05, 0) is 17.4 Å². The fourth-order valence-corrected chi connectivity index (χ4v) is 2.18. The molecule has 0 aromatic carbocycles. The lowest BCUT2D eigenvalue weighted by atomic mass is 10.1. The smallest absolute Gasteiger partial charge is 0.224 e. The van der Waals surface area contributed by atoms with Crippen LogP contribution in [0.4, 0.5) is 0 Å². The minimum atomic E-state index is -0.0553. The SMILES string of the molecule is C=CCNC(=O)[C@H]1[C@H](C=C(Cl)Cl)C1(C)C. The van der Waals surface area contributed by atoms with Gasteiger partial charge in [-0.2, -0.15) is 0 Å². The Balaban J connectivity index is 2.61. The monoisotopic (exact) mass is 247 g/mol. The second-order valence-electron chi connectivity index (χ2n) is 4.31. The maximum Gasteiger partial charge on any atom is 0.224 e. The van der Waals surface area contributed by atoms with E-state index in [1.165, 1.54) is 0 Å². The van der Waals surface area contributed by atoms with E-state index in [1.54, 1.807) is 12.2 Å². The molecule has 0 unspecified atom stereocenters. The number of amides is 1. The summed E-state index contributed by atoms with van der Waals surface area (Å²) in [5, 5.41) is 2.78. The van der Waals surface area contributed by atoms with E-state index in [1.807, 2.05) is 13.8 Å². The minimum absolute atomic E-state index is 0.0371. The zero-order valence-corrected chi connectivity index (χ0v) is 10.4. The molecule has 4 heteroatoms. The maximum atomic E-state index is 11.7. The number of carbonyl (C=O) groups excluding carboxylic acids is 1. The lowest BCUT2D eigenvalue weighted by molar-refractivity contribution is -0.122. The van der Waals surface area contributed by atoms with Crippen molar-refractivity contribution in [3.05, 3.63) is 23.2 Å². The van der Waals surface area contributed by atoms with Crippen molar-refractivity contribution >= 4 is 29.1 Å². The molecule has 1 rings (SSSR count). The van der Waals surface area contributed by atoms with Crippen molar-refractivity contribution in [3.63, 3.8) is 0 Å². The van der Waals surface area contributed by atoms with Crippen LogP contribution in [-0.2, 0) is 4.79 Å². The van der Waals surface area contributed by atoms with Crippen LogP contribution in [0, 0.1) is 17.3 Å². The van der Waals surface area contributed by atoms with Crippen LogP contribution in [0.15, 0.2) is 23.2 Å². The van der Waals surface area contributed by atoms with Gasteiger partial charge in [0.05, 0.1) is 5.92 Å². The fourth-order valence-electron chi connectivity index (χ4n) is 1.91. The standard InChI is InChI=1S/C11H15Cl2NO/c1-4-5-14-10(15)9-7(6-8(12)13)11(9,2)3/h4,6-7,9H,1,5H2,2-3H3,(H,14,15)/t7-,9+/m0/s1. The molecule has 0 spiro atoms. The lowest BCUT2D eigenvalue weighted by Gasteiger charge is -2.02. The topological polar surface area (TPSA) is 29.1 Å². The van der Waals surface area contributed by atoms with Crippen molar-refractivity contribution in [1.82, 2.24) is 5.32 Å². The van der Waals surface area contributed by atoms with Crippen LogP contribution in [0.1, 0.15) is 13.8 Å². The van der Waals surface area contributed by atoms with Crippen LogP contribution in [0.25, 0.3) is 0 Å². The van der Waals surface area contributed by atoms with Gasteiger partial charge in [-0.25, -0.2) is 0 Å². The van der Waals surface area contributed by atoms with Crippen molar-refractivity contribution in [3.8, 4) is 0 Å². The van der Waals surface area contributed by atoms with E-state index >= 15 is 0 Å². The largest absolute Gasteiger partial charge is 0.352 e. The summed E-state index contributed by atoms with van der Waals surface area (Å²) in [5.41, 5.74) is -0.0553. The minimum Gasteiger partial charge on any atom is -0.352 e. The van der Waals surface area contributed by atoms with Gasteiger partial charge in [0.2, 0.25) is 5.91 Å². The predicted octanol–water partition coefficient (Wildman–Crippen LogP) is 2.88. The highest BCUT2D eigenvalue weighted by Gasteiger charge is 2.60. The Bertz CT molecular complexity index is 306. The Morgan fingerprint density at radius 1 is 1.53 bits per heavy atom. The quantitative estimate of drug-likeness (QED) is 0.761. The Morgan fingerprint density at radius 2 is 2.13 bits per heavy atom.